The molecule has 1 aliphatic rings. The largest absolute Gasteiger partial charge is 0.397 e. The molecular formula is C12H16ClFN2O. The number of nitrogens with one attached hydrogen (secondary N) is 1. The molecule has 1 unspecified atom stereocenters. The zero-order chi connectivity index (χ0) is 12.3. The molecule has 3 nitrogen and oxygen atoms in total. The van der Waals surface area contributed by atoms with Crippen molar-refractivity contribution in [1.82, 2.24) is 0 Å². The molecule has 3 N–H and O–H groups in total. The van der Waals surface area contributed by atoms with Crippen LogP contribution in [0.3, 0.4) is 0 Å². The average molecular weight is 259 g/mol. The Morgan fingerprint density at radius 1 is 1.53 bits per heavy atom. The Bertz CT molecular complexity index is 394. The topological polar surface area (TPSA) is 47.3 Å². The van der Waals surface area contributed by atoms with E-state index in [0.717, 1.165) is 32.4 Å². The third kappa shape index (κ3) is 3.23. The van der Waals surface area contributed by atoms with E-state index in [1.54, 1.807) is 0 Å². The molecule has 1 fully saturated rings. The molecule has 0 bridgehead atoms. The number of benzene rings is 1. The first kappa shape index (κ1) is 12.5. The third-order valence-corrected chi connectivity index (χ3v) is 3.19. The van der Waals surface area contributed by atoms with Crippen molar-refractivity contribution in [3.8, 4) is 0 Å². The minimum Gasteiger partial charge on any atom is -0.397 e. The second-order valence-electron chi connectivity index (χ2n) is 4.20. The molecule has 0 aliphatic carbocycles. The van der Waals surface area contributed by atoms with Crippen molar-refractivity contribution in [2.75, 3.05) is 24.2 Å². The van der Waals surface area contributed by atoms with Crippen LogP contribution in [0.15, 0.2) is 12.1 Å². The fourth-order valence-corrected chi connectivity index (χ4v) is 2.13. The molecule has 1 saturated heterocycles. The van der Waals surface area contributed by atoms with Crippen molar-refractivity contribution in [3.05, 3.63) is 23.0 Å². The van der Waals surface area contributed by atoms with E-state index in [1.807, 2.05) is 0 Å². The van der Waals surface area contributed by atoms with Crippen LogP contribution in [0.2, 0.25) is 5.02 Å². The minimum atomic E-state index is -0.458. The van der Waals surface area contributed by atoms with Gasteiger partial charge >= 0.3 is 0 Å². The molecule has 0 radical (unpaired) electrons. The van der Waals surface area contributed by atoms with Crippen LogP contribution in [0.4, 0.5) is 15.8 Å². The van der Waals surface area contributed by atoms with Crippen molar-refractivity contribution in [1.29, 1.82) is 0 Å². The highest BCUT2D eigenvalue weighted by atomic mass is 35.5. The van der Waals surface area contributed by atoms with Gasteiger partial charge in [-0.2, -0.15) is 0 Å². The molecule has 1 heterocycles. The Morgan fingerprint density at radius 2 is 2.35 bits per heavy atom. The maximum Gasteiger partial charge on any atom is 0.143 e. The van der Waals surface area contributed by atoms with Gasteiger partial charge in [-0.05, 0) is 25.3 Å². The van der Waals surface area contributed by atoms with E-state index in [4.69, 9.17) is 22.1 Å². The van der Waals surface area contributed by atoms with Gasteiger partial charge in [-0.1, -0.05) is 11.6 Å². The molecular weight excluding hydrogens is 243 g/mol. The highest BCUT2D eigenvalue weighted by Gasteiger charge is 2.15. The molecule has 0 aromatic heterocycles. The Hall–Kier alpha value is -1.00. The monoisotopic (exact) mass is 258 g/mol. The standard InChI is InChI=1S/C12H16ClFN2O/c13-9-6-11(15)12(7-10(9)14)16-4-3-8-2-1-5-17-8/h6-8,16H,1-5,15H2. The van der Waals surface area contributed by atoms with Gasteiger partial charge in [0.2, 0.25) is 0 Å². The number of rotatable bonds is 4. The summed E-state index contributed by atoms with van der Waals surface area (Å²) in [6, 6.07) is 2.75. The second-order valence-corrected chi connectivity index (χ2v) is 4.61. The molecule has 1 atom stereocenters. The number of ether oxygens (including phenoxy) is 1. The van der Waals surface area contributed by atoms with Gasteiger partial charge in [0, 0.05) is 19.2 Å². The smallest absolute Gasteiger partial charge is 0.143 e. The number of hydrogen-bond acceptors (Lipinski definition) is 3. The van der Waals surface area contributed by atoms with Gasteiger partial charge in [-0.3, -0.25) is 0 Å². The van der Waals surface area contributed by atoms with Crippen LogP contribution in [0, 0.1) is 5.82 Å². The lowest BCUT2D eigenvalue weighted by Gasteiger charge is -2.13. The molecule has 1 aliphatic heterocycles. The van der Waals surface area contributed by atoms with E-state index >= 15 is 0 Å². The van der Waals surface area contributed by atoms with E-state index in [0.29, 0.717) is 17.5 Å². The van der Waals surface area contributed by atoms with E-state index in [9.17, 15) is 4.39 Å². The summed E-state index contributed by atoms with van der Waals surface area (Å²) in [5.74, 6) is -0.458. The maximum atomic E-state index is 13.2. The van der Waals surface area contributed by atoms with Gasteiger partial charge in [0.1, 0.15) is 5.82 Å². The number of nitrogens with two attached hydrogens (primary N) is 1. The van der Waals surface area contributed by atoms with Gasteiger partial charge in [-0.25, -0.2) is 4.39 Å². The lowest BCUT2D eigenvalue weighted by Crippen LogP contribution is -2.13. The molecule has 0 spiro atoms. The molecule has 2 rings (SSSR count). The Kier molecular flexibility index (Phi) is 4.07. The van der Waals surface area contributed by atoms with Crippen LogP contribution in [-0.4, -0.2) is 19.3 Å². The van der Waals surface area contributed by atoms with Crippen LogP contribution in [0.1, 0.15) is 19.3 Å². The summed E-state index contributed by atoms with van der Waals surface area (Å²) < 4.78 is 18.7. The van der Waals surface area contributed by atoms with Crippen LogP contribution >= 0.6 is 11.6 Å². The molecule has 1 aromatic rings. The SMILES string of the molecule is Nc1cc(Cl)c(F)cc1NCCC1CCCO1. The Labute approximate surface area is 105 Å². The molecule has 17 heavy (non-hydrogen) atoms. The summed E-state index contributed by atoms with van der Waals surface area (Å²) in [6.07, 6.45) is 3.46. The maximum absolute atomic E-state index is 13.2. The molecule has 94 valence electrons. The van der Waals surface area contributed by atoms with E-state index in [-0.39, 0.29) is 5.02 Å². The first-order chi connectivity index (χ1) is 8.16. The van der Waals surface area contributed by atoms with E-state index < -0.39 is 5.82 Å². The first-order valence-corrected chi connectivity index (χ1v) is 6.14. The fraction of sp³-hybridized carbons (Fsp3) is 0.500. The van der Waals surface area contributed by atoms with Crippen LogP contribution in [0.5, 0.6) is 0 Å². The quantitative estimate of drug-likeness (QED) is 0.816. The average Bonchev–Trinajstić information content (AvgIpc) is 2.78. The van der Waals surface area contributed by atoms with Crippen molar-refractivity contribution in [2.24, 2.45) is 0 Å². The number of halogens is 2. The third-order valence-electron chi connectivity index (χ3n) is 2.90. The van der Waals surface area contributed by atoms with Gasteiger partial charge in [0.25, 0.3) is 0 Å². The van der Waals surface area contributed by atoms with Crippen LogP contribution < -0.4 is 11.1 Å². The van der Waals surface area contributed by atoms with Crippen molar-refractivity contribution in [3.63, 3.8) is 0 Å². The van der Waals surface area contributed by atoms with Gasteiger partial charge < -0.3 is 15.8 Å². The predicted molar refractivity (Wildman–Crippen MR) is 67.9 cm³/mol. The number of hydrogen-bond donors (Lipinski definition) is 2. The lowest BCUT2D eigenvalue weighted by atomic mass is 10.2. The summed E-state index contributed by atoms with van der Waals surface area (Å²) in [5.41, 5.74) is 6.79. The normalized spacial score (nSPS) is 19.5. The van der Waals surface area contributed by atoms with Crippen molar-refractivity contribution >= 4 is 23.0 Å². The van der Waals surface area contributed by atoms with Crippen molar-refractivity contribution < 1.29 is 9.13 Å². The highest BCUT2D eigenvalue weighted by Crippen LogP contribution is 2.26. The Morgan fingerprint density at radius 3 is 3.06 bits per heavy atom. The van der Waals surface area contributed by atoms with E-state index in [2.05, 4.69) is 5.32 Å². The summed E-state index contributed by atoms with van der Waals surface area (Å²) >= 11 is 5.62. The summed E-state index contributed by atoms with van der Waals surface area (Å²) in [5, 5.41) is 3.15. The van der Waals surface area contributed by atoms with Gasteiger partial charge in [0.15, 0.2) is 0 Å². The first-order valence-electron chi connectivity index (χ1n) is 5.77. The zero-order valence-corrected chi connectivity index (χ0v) is 10.3. The summed E-state index contributed by atoms with van der Waals surface area (Å²) in [6.45, 7) is 1.57. The Balaban J connectivity index is 1.87. The highest BCUT2D eigenvalue weighted by molar-refractivity contribution is 6.31. The molecule has 0 amide bonds. The zero-order valence-electron chi connectivity index (χ0n) is 9.51. The van der Waals surface area contributed by atoms with E-state index in [1.165, 1.54) is 12.1 Å². The van der Waals surface area contributed by atoms with Gasteiger partial charge in [-0.15, -0.1) is 0 Å². The van der Waals surface area contributed by atoms with Crippen LogP contribution in [0.25, 0.3) is 0 Å². The van der Waals surface area contributed by atoms with Gasteiger partial charge in [0.05, 0.1) is 22.5 Å². The molecule has 0 saturated carbocycles. The minimum absolute atomic E-state index is 0.0483. The molecule has 1 aromatic carbocycles. The second kappa shape index (κ2) is 5.56. The summed E-state index contributed by atoms with van der Waals surface area (Å²) in [4.78, 5) is 0. The van der Waals surface area contributed by atoms with Crippen LogP contribution in [-0.2, 0) is 4.74 Å². The molecule has 5 heteroatoms. The number of nitrogen functional groups attached to an aromatic ring is 1. The lowest BCUT2D eigenvalue weighted by molar-refractivity contribution is 0.107. The van der Waals surface area contributed by atoms with Crippen molar-refractivity contribution in [2.45, 2.75) is 25.4 Å². The number of anilines is 2. The fourth-order valence-electron chi connectivity index (χ4n) is 1.96. The predicted octanol–water partition coefficient (Wildman–Crippen LogP) is 3.04. The summed E-state index contributed by atoms with van der Waals surface area (Å²) in [7, 11) is 0.